The lowest BCUT2D eigenvalue weighted by molar-refractivity contribution is 0.399. The van der Waals surface area contributed by atoms with E-state index in [0.717, 1.165) is 28.9 Å². The average Bonchev–Trinajstić information content (AvgIpc) is 3.08. The van der Waals surface area contributed by atoms with E-state index in [9.17, 15) is 9.18 Å². The molecule has 3 heterocycles. The first-order valence-electron chi connectivity index (χ1n) is 9.35. The zero-order valence-corrected chi connectivity index (χ0v) is 17.1. The Morgan fingerprint density at radius 1 is 1.31 bits per heavy atom. The standard InChI is InChI=1S/C20H22ClFN6O/c1-26(2)9-14-7-15(22)4-3-13(14)10-28-12-23-16-11-27(6-5-17(16)28)18-8-24-25-20(29)19(18)21/h3-4,7-8,12H,5-6,9-11H2,1-2H3,(H,25,29). The van der Waals surface area contributed by atoms with E-state index in [1.54, 1.807) is 12.3 Å². The lowest BCUT2D eigenvalue weighted by Gasteiger charge is -2.29. The lowest BCUT2D eigenvalue weighted by Crippen LogP contribution is -2.32. The number of anilines is 1. The summed E-state index contributed by atoms with van der Waals surface area (Å²) in [4.78, 5) is 20.4. The summed E-state index contributed by atoms with van der Waals surface area (Å²) >= 11 is 6.15. The first-order chi connectivity index (χ1) is 13.9. The van der Waals surface area contributed by atoms with Crippen molar-refractivity contribution >= 4 is 17.3 Å². The third-order valence-corrected chi connectivity index (χ3v) is 5.47. The van der Waals surface area contributed by atoms with E-state index < -0.39 is 5.56 Å². The molecule has 1 N–H and O–H groups in total. The fraction of sp³-hybridized carbons (Fsp3) is 0.350. The van der Waals surface area contributed by atoms with Crippen molar-refractivity contribution in [2.24, 2.45) is 0 Å². The molecule has 7 nitrogen and oxygen atoms in total. The van der Waals surface area contributed by atoms with Gasteiger partial charge in [0, 0.05) is 31.7 Å². The molecule has 0 bridgehead atoms. The highest BCUT2D eigenvalue weighted by Crippen LogP contribution is 2.27. The molecule has 0 saturated heterocycles. The van der Waals surface area contributed by atoms with Crippen LogP contribution in [0.4, 0.5) is 10.1 Å². The minimum atomic E-state index is -0.398. The van der Waals surface area contributed by atoms with Crippen molar-refractivity contribution in [3.63, 3.8) is 0 Å². The largest absolute Gasteiger partial charge is 0.362 e. The van der Waals surface area contributed by atoms with Gasteiger partial charge in [-0.25, -0.2) is 14.5 Å². The molecule has 9 heteroatoms. The molecule has 29 heavy (non-hydrogen) atoms. The van der Waals surface area contributed by atoms with Crippen molar-refractivity contribution in [3.05, 3.63) is 74.4 Å². The molecular weight excluding hydrogens is 395 g/mol. The monoisotopic (exact) mass is 416 g/mol. The number of hydrogen-bond donors (Lipinski definition) is 1. The number of aromatic nitrogens is 4. The van der Waals surface area contributed by atoms with Crippen LogP contribution in [0.1, 0.15) is 22.5 Å². The van der Waals surface area contributed by atoms with Gasteiger partial charge in [-0.2, -0.15) is 5.10 Å². The highest BCUT2D eigenvalue weighted by Gasteiger charge is 2.24. The SMILES string of the molecule is CN(C)Cc1cc(F)ccc1Cn1cnc2c1CCN(c1cn[nH]c(=O)c1Cl)C2. The van der Waals surface area contributed by atoms with Gasteiger partial charge >= 0.3 is 0 Å². The molecule has 0 atom stereocenters. The number of H-pyrrole nitrogens is 1. The third-order valence-electron chi connectivity index (χ3n) is 5.11. The van der Waals surface area contributed by atoms with Crippen LogP contribution in [0.15, 0.2) is 35.5 Å². The number of nitrogens with one attached hydrogen (secondary N) is 1. The molecular formula is C20H22ClFN6O. The van der Waals surface area contributed by atoms with Crippen molar-refractivity contribution in [2.75, 3.05) is 25.5 Å². The summed E-state index contributed by atoms with van der Waals surface area (Å²) in [7, 11) is 3.94. The Balaban J connectivity index is 1.58. The fourth-order valence-electron chi connectivity index (χ4n) is 3.73. The van der Waals surface area contributed by atoms with Crippen LogP contribution in [0, 0.1) is 5.82 Å². The smallest absolute Gasteiger partial charge is 0.285 e. The summed E-state index contributed by atoms with van der Waals surface area (Å²) in [5.41, 5.74) is 4.35. The summed E-state index contributed by atoms with van der Waals surface area (Å²) in [5, 5.41) is 6.33. The van der Waals surface area contributed by atoms with Crippen molar-refractivity contribution in [1.29, 1.82) is 0 Å². The topological polar surface area (TPSA) is 70.1 Å². The molecule has 152 valence electrons. The first-order valence-corrected chi connectivity index (χ1v) is 9.73. The number of fused-ring (bicyclic) bond motifs is 1. The predicted molar refractivity (Wildman–Crippen MR) is 110 cm³/mol. The number of aromatic amines is 1. The van der Waals surface area contributed by atoms with Crippen molar-refractivity contribution in [3.8, 4) is 0 Å². The minimum absolute atomic E-state index is 0.141. The van der Waals surface area contributed by atoms with Crippen LogP contribution < -0.4 is 10.5 Å². The van der Waals surface area contributed by atoms with Gasteiger partial charge in [0.25, 0.3) is 5.56 Å². The molecule has 0 unspecified atom stereocenters. The predicted octanol–water partition coefficient (Wildman–Crippen LogP) is 2.43. The zero-order valence-electron chi connectivity index (χ0n) is 16.3. The zero-order chi connectivity index (χ0) is 20.5. The average molecular weight is 417 g/mol. The molecule has 4 rings (SSSR count). The Hall–Kier alpha value is -2.71. The van der Waals surface area contributed by atoms with Crippen LogP contribution in [-0.4, -0.2) is 45.3 Å². The van der Waals surface area contributed by atoms with Gasteiger partial charge in [-0.15, -0.1) is 0 Å². The van der Waals surface area contributed by atoms with Crippen molar-refractivity contribution in [1.82, 2.24) is 24.6 Å². The summed E-state index contributed by atoms with van der Waals surface area (Å²) in [6.45, 7) is 2.57. The van der Waals surface area contributed by atoms with Gasteiger partial charge in [0.1, 0.15) is 10.8 Å². The molecule has 1 aromatic carbocycles. The molecule has 1 aliphatic heterocycles. The van der Waals surface area contributed by atoms with Gasteiger partial charge in [-0.05, 0) is 37.4 Å². The molecule has 3 aromatic rings. The molecule has 0 spiro atoms. The van der Waals surface area contributed by atoms with Gasteiger partial charge in [0.2, 0.25) is 0 Å². The van der Waals surface area contributed by atoms with Crippen LogP contribution in [0.5, 0.6) is 0 Å². The molecule has 0 radical (unpaired) electrons. The molecule has 2 aromatic heterocycles. The Labute approximate surface area is 172 Å². The quantitative estimate of drug-likeness (QED) is 0.691. The summed E-state index contributed by atoms with van der Waals surface area (Å²) in [6, 6.07) is 4.95. The number of hydrogen-bond acceptors (Lipinski definition) is 5. The van der Waals surface area contributed by atoms with Gasteiger partial charge in [-0.3, -0.25) is 4.79 Å². The Bertz CT molecular complexity index is 1090. The molecule has 0 fully saturated rings. The van der Waals surface area contributed by atoms with E-state index in [-0.39, 0.29) is 10.8 Å². The number of benzene rings is 1. The molecule has 0 amide bonds. The third kappa shape index (κ3) is 4.04. The molecule has 0 saturated carbocycles. The van der Waals surface area contributed by atoms with Gasteiger partial charge < -0.3 is 14.4 Å². The van der Waals surface area contributed by atoms with Gasteiger partial charge in [0.15, 0.2) is 0 Å². The lowest BCUT2D eigenvalue weighted by atomic mass is 10.1. The number of halogens is 2. The van der Waals surface area contributed by atoms with E-state index in [1.165, 1.54) is 6.07 Å². The maximum Gasteiger partial charge on any atom is 0.285 e. The molecule has 0 aliphatic carbocycles. The van der Waals surface area contributed by atoms with E-state index in [2.05, 4.69) is 19.7 Å². The second kappa shape index (κ2) is 7.96. The molecule has 1 aliphatic rings. The Kier molecular flexibility index (Phi) is 5.38. The van der Waals surface area contributed by atoms with Crippen LogP contribution >= 0.6 is 11.6 Å². The summed E-state index contributed by atoms with van der Waals surface area (Å²) < 4.78 is 15.9. The van der Waals surface area contributed by atoms with E-state index in [1.807, 2.05) is 36.3 Å². The van der Waals surface area contributed by atoms with E-state index >= 15 is 0 Å². The maximum absolute atomic E-state index is 13.7. The van der Waals surface area contributed by atoms with Gasteiger partial charge in [0.05, 0.1) is 30.5 Å². The second-order valence-electron chi connectivity index (χ2n) is 7.49. The highest BCUT2D eigenvalue weighted by molar-refractivity contribution is 6.32. The van der Waals surface area contributed by atoms with Crippen LogP contribution in [0.2, 0.25) is 5.02 Å². The van der Waals surface area contributed by atoms with E-state index in [0.29, 0.717) is 31.9 Å². The summed E-state index contributed by atoms with van der Waals surface area (Å²) in [6.07, 6.45) is 4.16. The maximum atomic E-state index is 13.7. The highest BCUT2D eigenvalue weighted by atomic mass is 35.5. The second-order valence-corrected chi connectivity index (χ2v) is 7.86. The van der Waals surface area contributed by atoms with Crippen molar-refractivity contribution in [2.45, 2.75) is 26.1 Å². The minimum Gasteiger partial charge on any atom is -0.362 e. The number of nitrogens with zero attached hydrogens (tertiary/aromatic N) is 5. The summed E-state index contributed by atoms with van der Waals surface area (Å²) in [5.74, 6) is -0.225. The van der Waals surface area contributed by atoms with Crippen molar-refractivity contribution < 1.29 is 4.39 Å². The first kappa shape index (κ1) is 19.6. The number of rotatable bonds is 5. The van der Waals surface area contributed by atoms with E-state index in [4.69, 9.17) is 11.6 Å². The van der Waals surface area contributed by atoms with Crippen LogP contribution in [-0.2, 0) is 26.1 Å². The normalized spacial score (nSPS) is 13.8. The fourth-order valence-corrected chi connectivity index (χ4v) is 3.94. The number of imidazole rings is 1. The Morgan fingerprint density at radius 2 is 2.14 bits per heavy atom. The Morgan fingerprint density at radius 3 is 2.93 bits per heavy atom. The van der Waals surface area contributed by atoms with Crippen LogP contribution in [0.3, 0.4) is 0 Å². The van der Waals surface area contributed by atoms with Crippen LogP contribution in [0.25, 0.3) is 0 Å². The van der Waals surface area contributed by atoms with Gasteiger partial charge in [-0.1, -0.05) is 17.7 Å².